The van der Waals surface area contributed by atoms with Gasteiger partial charge in [0.1, 0.15) is 0 Å². The van der Waals surface area contributed by atoms with Crippen molar-refractivity contribution < 1.29 is 29.7 Å². The predicted octanol–water partition coefficient (Wildman–Crippen LogP) is 4.71. The molecule has 0 unspecified atom stereocenters. The summed E-state index contributed by atoms with van der Waals surface area (Å²) in [5.74, 6) is -2.66. The fourth-order valence-electron chi connectivity index (χ4n) is 3.97. The molecule has 0 saturated heterocycles. The molecular weight excluding hydrogens is 336 g/mol. The maximum Gasteiger partial charge on any atom is 0.309 e. The summed E-state index contributed by atoms with van der Waals surface area (Å²) in [6, 6.07) is 0. The molecule has 0 aromatic rings. The summed E-state index contributed by atoms with van der Waals surface area (Å²) in [5.41, 5.74) is -0.712. The molecule has 0 aromatic carbocycles. The average Bonchev–Trinajstić information content (AvgIpc) is 2.59. The van der Waals surface area contributed by atoms with E-state index in [1.54, 1.807) is 0 Å². The van der Waals surface area contributed by atoms with Crippen molar-refractivity contribution in [2.75, 3.05) is 0 Å². The Hall–Kier alpha value is -1.59. The van der Waals surface area contributed by atoms with Gasteiger partial charge in [0, 0.05) is 6.42 Å². The molecule has 1 rings (SSSR count). The fourth-order valence-corrected chi connectivity index (χ4v) is 3.97. The standard InChI is InChI=1S/C20H34O6/c21-17(22)10-8-6-4-2-1-3-5-7-9-13-20(19(25)26)14-11-16(12-15-20)18(23)24/h16H,1-15H2,(H,21,22)(H,23,24)(H,25,26)/t16-,20-. The van der Waals surface area contributed by atoms with E-state index in [0.29, 0.717) is 32.1 Å². The Kier molecular flexibility index (Phi) is 10.3. The van der Waals surface area contributed by atoms with Crippen LogP contribution >= 0.6 is 0 Å². The van der Waals surface area contributed by atoms with Gasteiger partial charge in [-0.15, -0.1) is 0 Å². The third-order valence-electron chi connectivity index (χ3n) is 5.79. The van der Waals surface area contributed by atoms with E-state index in [9.17, 15) is 19.5 Å². The van der Waals surface area contributed by atoms with Gasteiger partial charge in [0.05, 0.1) is 11.3 Å². The van der Waals surface area contributed by atoms with Gasteiger partial charge >= 0.3 is 17.9 Å². The quantitative estimate of drug-likeness (QED) is 0.382. The second-order valence-corrected chi connectivity index (χ2v) is 7.77. The van der Waals surface area contributed by atoms with E-state index in [1.807, 2.05) is 0 Å². The molecule has 0 amide bonds. The Morgan fingerprint density at radius 3 is 1.62 bits per heavy atom. The van der Waals surface area contributed by atoms with Gasteiger partial charge in [-0.25, -0.2) is 0 Å². The molecule has 0 radical (unpaired) electrons. The summed E-state index contributed by atoms with van der Waals surface area (Å²) in [4.78, 5) is 33.1. The Balaban J connectivity index is 2.09. The first-order chi connectivity index (χ1) is 12.4. The highest BCUT2D eigenvalue weighted by atomic mass is 16.4. The van der Waals surface area contributed by atoms with Crippen molar-refractivity contribution in [2.45, 2.75) is 96.3 Å². The highest BCUT2D eigenvalue weighted by Gasteiger charge is 2.42. The molecule has 1 saturated carbocycles. The molecule has 0 aliphatic heterocycles. The van der Waals surface area contributed by atoms with E-state index in [0.717, 1.165) is 57.8 Å². The first-order valence-corrected chi connectivity index (χ1v) is 10.1. The van der Waals surface area contributed by atoms with Crippen LogP contribution in [-0.4, -0.2) is 33.2 Å². The topological polar surface area (TPSA) is 112 Å². The second kappa shape index (κ2) is 11.9. The Labute approximate surface area is 156 Å². The molecule has 1 aliphatic carbocycles. The smallest absolute Gasteiger partial charge is 0.309 e. The zero-order valence-electron chi connectivity index (χ0n) is 15.8. The Morgan fingerprint density at radius 2 is 1.19 bits per heavy atom. The zero-order chi connectivity index (χ0) is 19.4. The second-order valence-electron chi connectivity index (χ2n) is 7.77. The summed E-state index contributed by atoms with van der Waals surface area (Å²) in [7, 11) is 0. The van der Waals surface area contributed by atoms with Gasteiger partial charge in [-0.1, -0.05) is 51.4 Å². The van der Waals surface area contributed by atoms with Crippen LogP contribution in [0.3, 0.4) is 0 Å². The molecular formula is C20H34O6. The zero-order valence-corrected chi connectivity index (χ0v) is 15.8. The van der Waals surface area contributed by atoms with Crippen LogP contribution in [0.25, 0.3) is 0 Å². The molecule has 1 fully saturated rings. The molecule has 0 heterocycles. The predicted molar refractivity (Wildman–Crippen MR) is 98.1 cm³/mol. The molecule has 6 nitrogen and oxygen atoms in total. The summed E-state index contributed by atoms with van der Waals surface area (Å²) >= 11 is 0. The first kappa shape index (κ1) is 22.5. The van der Waals surface area contributed by atoms with Gasteiger partial charge in [0.25, 0.3) is 0 Å². The molecule has 26 heavy (non-hydrogen) atoms. The lowest BCUT2D eigenvalue weighted by Crippen LogP contribution is -2.37. The number of hydrogen-bond acceptors (Lipinski definition) is 3. The fraction of sp³-hybridized carbons (Fsp3) is 0.850. The van der Waals surface area contributed by atoms with Crippen LogP contribution in [0.2, 0.25) is 0 Å². The van der Waals surface area contributed by atoms with Crippen LogP contribution in [0, 0.1) is 11.3 Å². The van der Waals surface area contributed by atoms with Crippen molar-refractivity contribution in [3.63, 3.8) is 0 Å². The molecule has 6 heteroatoms. The van der Waals surface area contributed by atoms with Crippen LogP contribution in [0.5, 0.6) is 0 Å². The number of carboxylic acids is 3. The number of unbranched alkanes of at least 4 members (excludes halogenated alkanes) is 8. The normalized spacial score (nSPS) is 22.8. The maximum absolute atomic E-state index is 11.7. The molecule has 0 bridgehead atoms. The average molecular weight is 370 g/mol. The summed E-state index contributed by atoms with van der Waals surface area (Å²) in [6.07, 6.45) is 12.1. The van der Waals surface area contributed by atoms with Gasteiger partial charge in [0.2, 0.25) is 0 Å². The van der Waals surface area contributed by atoms with Crippen molar-refractivity contribution in [3.05, 3.63) is 0 Å². The van der Waals surface area contributed by atoms with E-state index in [1.165, 1.54) is 0 Å². The van der Waals surface area contributed by atoms with Gasteiger partial charge in [-0.3, -0.25) is 14.4 Å². The van der Waals surface area contributed by atoms with Crippen LogP contribution in [-0.2, 0) is 14.4 Å². The van der Waals surface area contributed by atoms with Gasteiger partial charge in [-0.05, 0) is 38.5 Å². The van der Waals surface area contributed by atoms with Crippen LogP contribution < -0.4 is 0 Å². The lowest BCUT2D eigenvalue weighted by atomic mass is 9.68. The van der Waals surface area contributed by atoms with E-state index in [2.05, 4.69) is 0 Å². The summed E-state index contributed by atoms with van der Waals surface area (Å²) in [6.45, 7) is 0. The largest absolute Gasteiger partial charge is 0.481 e. The van der Waals surface area contributed by atoms with E-state index >= 15 is 0 Å². The van der Waals surface area contributed by atoms with Crippen LogP contribution in [0.15, 0.2) is 0 Å². The van der Waals surface area contributed by atoms with Crippen molar-refractivity contribution in [3.8, 4) is 0 Å². The Bertz CT molecular complexity index is 451. The van der Waals surface area contributed by atoms with E-state index in [4.69, 9.17) is 10.2 Å². The lowest BCUT2D eigenvalue weighted by molar-refractivity contribution is -0.156. The minimum Gasteiger partial charge on any atom is -0.481 e. The molecule has 0 aromatic heterocycles. The molecule has 0 atom stereocenters. The van der Waals surface area contributed by atoms with Crippen molar-refractivity contribution in [1.29, 1.82) is 0 Å². The minimum absolute atomic E-state index is 0.262. The van der Waals surface area contributed by atoms with Crippen molar-refractivity contribution in [1.82, 2.24) is 0 Å². The number of carboxylic acid groups (broad SMARTS) is 3. The molecule has 3 N–H and O–H groups in total. The third kappa shape index (κ3) is 8.19. The first-order valence-electron chi connectivity index (χ1n) is 10.1. The van der Waals surface area contributed by atoms with Crippen LogP contribution in [0.1, 0.15) is 96.3 Å². The number of aliphatic carboxylic acids is 3. The van der Waals surface area contributed by atoms with Crippen LogP contribution in [0.4, 0.5) is 0 Å². The van der Waals surface area contributed by atoms with Gasteiger partial charge in [-0.2, -0.15) is 0 Å². The Morgan fingerprint density at radius 1 is 0.731 bits per heavy atom. The summed E-state index contributed by atoms with van der Waals surface area (Å²) < 4.78 is 0. The van der Waals surface area contributed by atoms with E-state index < -0.39 is 23.3 Å². The molecule has 1 aliphatic rings. The molecule has 150 valence electrons. The number of rotatable bonds is 14. The highest BCUT2D eigenvalue weighted by molar-refractivity contribution is 5.76. The highest BCUT2D eigenvalue weighted by Crippen LogP contribution is 2.43. The number of hydrogen-bond donors (Lipinski definition) is 3. The lowest BCUT2D eigenvalue weighted by Gasteiger charge is -2.35. The van der Waals surface area contributed by atoms with Gasteiger partial charge in [0.15, 0.2) is 0 Å². The SMILES string of the molecule is O=C(O)CCCCCCCCCCC[C@]1(C(=O)O)CC[C@H](C(=O)O)CC1. The van der Waals surface area contributed by atoms with Gasteiger partial charge < -0.3 is 15.3 Å². The van der Waals surface area contributed by atoms with Crippen molar-refractivity contribution in [2.24, 2.45) is 11.3 Å². The summed E-state index contributed by atoms with van der Waals surface area (Å²) in [5, 5.41) is 27.2. The third-order valence-corrected chi connectivity index (χ3v) is 5.79. The minimum atomic E-state index is -0.799. The maximum atomic E-state index is 11.7. The van der Waals surface area contributed by atoms with Crippen molar-refractivity contribution >= 4 is 17.9 Å². The monoisotopic (exact) mass is 370 g/mol. The van der Waals surface area contributed by atoms with E-state index in [-0.39, 0.29) is 12.3 Å². The molecule has 0 spiro atoms. The number of carbonyl (C=O) groups is 3.